The molecule has 186 valence electrons. The number of carbonyl (C=O) groups excluding carboxylic acids is 1. The molecule has 13 heteroatoms. The molecule has 5 rings (SSSR count). The Morgan fingerprint density at radius 2 is 1.78 bits per heavy atom. The van der Waals surface area contributed by atoms with Gasteiger partial charge in [0.2, 0.25) is 15.2 Å². The number of Topliss-reactive ketones (excluding diaryl/α,β-unsaturated/α-hetero) is 1. The van der Waals surface area contributed by atoms with Gasteiger partial charge in [0.05, 0.1) is 16.3 Å². The Bertz CT molecular complexity index is 1690. The fraction of sp³-hybridized carbons (Fsp3) is 0.0417. The molecule has 0 fully saturated rings. The fourth-order valence-corrected chi connectivity index (χ4v) is 5.15. The summed E-state index contributed by atoms with van der Waals surface area (Å²) in [6, 6.07) is 22.7. The molecule has 37 heavy (non-hydrogen) atoms. The molecule has 0 saturated heterocycles. The van der Waals surface area contributed by atoms with Gasteiger partial charge < -0.3 is 0 Å². The zero-order chi connectivity index (χ0) is 26.0. The second-order valence-electron chi connectivity index (χ2n) is 7.79. The summed E-state index contributed by atoms with van der Waals surface area (Å²) in [6.45, 7) is 0. The lowest BCUT2D eigenvalue weighted by atomic mass is 10.1. The summed E-state index contributed by atoms with van der Waals surface area (Å²) in [6.07, 6.45) is 0. The standard InChI is InChI=1S/C24H18BrN7O3S2/c25-17-8-4-7-16(13-17)20(33)14-36-24-27-23(29-30-24)21-22(15-5-2-1-3-6-15)32(31-28-21)18-9-11-19(12-10-18)37(26,34)35/h1-13H,14H2,(H2,26,34,35)(H,27,29,30). The number of aromatic nitrogens is 6. The highest BCUT2D eigenvalue weighted by atomic mass is 79.9. The average molecular weight is 596 g/mol. The molecule has 2 aromatic heterocycles. The Kier molecular flexibility index (Phi) is 7.02. The monoisotopic (exact) mass is 595 g/mol. The van der Waals surface area contributed by atoms with E-state index < -0.39 is 10.0 Å². The average Bonchev–Trinajstić information content (AvgIpc) is 3.55. The van der Waals surface area contributed by atoms with Gasteiger partial charge in [-0.1, -0.05) is 75.4 Å². The first-order chi connectivity index (χ1) is 17.8. The van der Waals surface area contributed by atoms with Crippen molar-refractivity contribution in [1.82, 2.24) is 30.2 Å². The van der Waals surface area contributed by atoms with Gasteiger partial charge in [-0.05, 0) is 36.4 Å². The van der Waals surface area contributed by atoms with Crippen LogP contribution in [0.15, 0.2) is 93.4 Å². The van der Waals surface area contributed by atoms with Crippen LogP contribution in [-0.4, -0.2) is 50.1 Å². The normalized spacial score (nSPS) is 11.5. The zero-order valence-corrected chi connectivity index (χ0v) is 22.2. The van der Waals surface area contributed by atoms with Crippen molar-refractivity contribution in [3.05, 3.63) is 88.9 Å². The summed E-state index contributed by atoms with van der Waals surface area (Å²) >= 11 is 4.59. The lowest BCUT2D eigenvalue weighted by molar-refractivity contribution is 0.102. The number of primary sulfonamides is 1. The summed E-state index contributed by atoms with van der Waals surface area (Å²) in [5.41, 5.74) is 3.06. The van der Waals surface area contributed by atoms with Crippen LogP contribution >= 0.6 is 27.7 Å². The predicted molar refractivity (Wildman–Crippen MR) is 143 cm³/mol. The Labute approximate surface area is 224 Å². The summed E-state index contributed by atoms with van der Waals surface area (Å²) < 4.78 is 25.7. The van der Waals surface area contributed by atoms with Gasteiger partial charge >= 0.3 is 0 Å². The molecule has 0 atom stereocenters. The molecule has 3 aromatic carbocycles. The molecule has 0 spiro atoms. The molecular weight excluding hydrogens is 578 g/mol. The molecule has 2 heterocycles. The summed E-state index contributed by atoms with van der Waals surface area (Å²) in [4.78, 5) is 17.1. The van der Waals surface area contributed by atoms with Crippen molar-refractivity contribution in [3.63, 3.8) is 0 Å². The molecule has 0 bridgehead atoms. The van der Waals surface area contributed by atoms with Crippen molar-refractivity contribution in [2.24, 2.45) is 5.14 Å². The number of ketones is 1. The number of rotatable bonds is 8. The predicted octanol–water partition coefficient (Wildman–Crippen LogP) is 4.10. The van der Waals surface area contributed by atoms with Crippen molar-refractivity contribution in [2.75, 3.05) is 5.75 Å². The van der Waals surface area contributed by atoms with Gasteiger partial charge in [0.25, 0.3) is 0 Å². The van der Waals surface area contributed by atoms with Gasteiger partial charge in [-0.3, -0.25) is 9.89 Å². The van der Waals surface area contributed by atoms with Gasteiger partial charge in [-0.25, -0.2) is 18.2 Å². The van der Waals surface area contributed by atoms with Gasteiger partial charge in [0.1, 0.15) is 5.69 Å². The number of benzene rings is 3. The quantitative estimate of drug-likeness (QED) is 0.201. The lowest BCUT2D eigenvalue weighted by Crippen LogP contribution is -2.12. The minimum absolute atomic E-state index is 0.00726. The van der Waals surface area contributed by atoms with E-state index in [9.17, 15) is 13.2 Å². The Morgan fingerprint density at radius 3 is 2.49 bits per heavy atom. The molecule has 0 saturated carbocycles. The van der Waals surface area contributed by atoms with Crippen molar-refractivity contribution in [3.8, 4) is 28.5 Å². The van der Waals surface area contributed by atoms with Gasteiger partial charge in [-0.15, -0.1) is 10.2 Å². The van der Waals surface area contributed by atoms with Crippen LogP contribution in [-0.2, 0) is 10.0 Å². The molecule has 0 unspecified atom stereocenters. The second kappa shape index (κ2) is 10.4. The summed E-state index contributed by atoms with van der Waals surface area (Å²) in [5.74, 6) is 0.503. The van der Waals surface area contributed by atoms with Crippen molar-refractivity contribution in [1.29, 1.82) is 0 Å². The van der Waals surface area contributed by atoms with Crippen LogP contribution < -0.4 is 5.14 Å². The van der Waals surface area contributed by atoms with Crippen LogP contribution in [0.3, 0.4) is 0 Å². The highest BCUT2D eigenvalue weighted by Gasteiger charge is 2.21. The molecule has 5 aromatic rings. The number of hydrogen-bond acceptors (Lipinski definition) is 8. The minimum atomic E-state index is -3.83. The van der Waals surface area contributed by atoms with E-state index >= 15 is 0 Å². The van der Waals surface area contributed by atoms with Gasteiger partial charge in [0.15, 0.2) is 17.3 Å². The van der Waals surface area contributed by atoms with E-state index in [1.165, 1.54) is 23.9 Å². The maximum absolute atomic E-state index is 12.6. The van der Waals surface area contributed by atoms with Crippen molar-refractivity contribution < 1.29 is 13.2 Å². The molecule has 0 aliphatic carbocycles. The first kappa shape index (κ1) is 25.0. The third kappa shape index (κ3) is 5.54. The highest BCUT2D eigenvalue weighted by Crippen LogP contribution is 2.31. The minimum Gasteiger partial charge on any atom is -0.293 e. The number of H-pyrrole nitrogens is 1. The maximum atomic E-state index is 12.6. The number of carbonyl (C=O) groups is 1. The van der Waals surface area contributed by atoms with Crippen molar-refractivity contribution in [2.45, 2.75) is 10.1 Å². The number of halogens is 1. The topological polar surface area (TPSA) is 150 Å². The van der Waals surface area contributed by atoms with Crippen LogP contribution in [0.2, 0.25) is 0 Å². The molecule has 10 nitrogen and oxygen atoms in total. The van der Waals surface area contributed by atoms with Crippen LogP contribution in [0, 0.1) is 0 Å². The van der Waals surface area contributed by atoms with Crippen LogP contribution in [0.25, 0.3) is 28.5 Å². The summed E-state index contributed by atoms with van der Waals surface area (Å²) in [7, 11) is -3.83. The second-order valence-corrected chi connectivity index (χ2v) is 11.2. The summed E-state index contributed by atoms with van der Waals surface area (Å²) in [5, 5.41) is 21.4. The maximum Gasteiger partial charge on any atom is 0.238 e. The van der Waals surface area contributed by atoms with Crippen LogP contribution in [0.1, 0.15) is 10.4 Å². The number of nitrogens with one attached hydrogen (secondary N) is 1. The van der Waals surface area contributed by atoms with E-state index in [1.807, 2.05) is 42.5 Å². The Balaban J connectivity index is 1.45. The van der Waals surface area contributed by atoms with Crippen molar-refractivity contribution >= 4 is 43.5 Å². The molecule has 3 N–H and O–H groups in total. The molecular formula is C24H18BrN7O3S2. The van der Waals surface area contributed by atoms with Crippen LogP contribution in [0.4, 0.5) is 0 Å². The number of aromatic amines is 1. The Morgan fingerprint density at radius 1 is 1.03 bits per heavy atom. The number of sulfonamides is 1. The number of nitrogens with zero attached hydrogens (tertiary/aromatic N) is 5. The van der Waals surface area contributed by atoms with Crippen LogP contribution in [0.5, 0.6) is 0 Å². The zero-order valence-electron chi connectivity index (χ0n) is 18.9. The molecule has 0 aliphatic rings. The third-order valence-electron chi connectivity index (χ3n) is 5.30. The number of nitrogens with two attached hydrogens (primary N) is 1. The lowest BCUT2D eigenvalue weighted by Gasteiger charge is -2.08. The Hall–Kier alpha value is -3.65. The highest BCUT2D eigenvalue weighted by molar-refractivity contribution is 9.10. The molecule has 0 aliphatic heterocycles. The fourth-order valence-electron chi connectivity index (χ4n) is 3.55. The van der Waals surface area contributed by atoms with E-state index in [2.05, 4.69) is 41.4 Å². The van der Waals surface area contributed by atoms with Gasteiger partial charge in [0, 0.05) is 15.6 Å². The first-order valence-electron chi connectivity index (χ1n) is 10.8. The first-order valence-corrected chi connectivity index (χ1v) is 14.1. The van der Waals surface area contributed by atoms with E-state index in [4.69, 9.17) is 5.14 Å². The number of hydrogen-bond donors (Lipinski definition) is 2. The van der Waals surface area contributed by atoms with E-state index in [1.54, 1.807) is 28.9 Å². The van der Waals surface area contributed by atoms with E-state index in [-0.39, 0.29) is 16.4 Å². The number of thioether (sulfide) groups is 1. The SMILES string of the molecule is NS(=O)(=O)c1ccc(-n2nnc(-c3nc(SCC(=O)c4cccc(Br)c4)n[nH]3)c2-c2ccccc2)cc1. The molecule has 0 radical (unpaired) electrons. The van der Waals surface area contributed by atoms with E-state index in [0.29, 0.717) is 33.6 Å². The largest absolute Gasteiger partial charge is 0.293 e. The van der Waals surface area contributed by atoms with E-state index in [0.717, 1.165) is 10.0 Å². The molecule has 0 amide bonds. The smallest absolute Gasteiger partial charge is 0.238 e. The third-order valence-corrected chi connectivity index (χ3v) is 7.57. The van der Waals surface area contributed by atoms with Gasteiger partial charge in [-0.2, -0.15) is 4.98 Å².